The molecule has 2 heteroatoms. The Hall–Kier alpha value is -7.03. The van der Waals surface area contributed by atoms with Crippen molar-refractivity contribution < 1.29 is 0 Å². The lowest BCUT2D eigenvalue weighted by molar-refractivity contribution is 1.10. The molecule has 0 saturated heterocycles. The summed E-state index contributed by atoms with van der Waals surface area (Å²) in [6.45, 7) is 0. The number of hydrogen-bond acceptors (Lipinski definition) is 1. The van der Waals surface area contributed by atoms with Crippen LogP contribution in [0.4, 0.5) is 0 Å². The van der Waals surface area contributed by atoms with E-state index in [1.165, 1.54) is 60.5 Å². The van der Waals surface area contributed by atoms with Crippen LogP contribution in [0, 0.1) is 0 Å². The van der Waals surface area contributed by atoms with E-state index in [-0.39, 0.29) is 0 Å². The van der Waals surface area contributed by atoms with Crippen LogP contribution in [-0.4, -0.2) is 9.55 Å². The Morgan fingerprint density at radius 3 is 1.19 bits per heavy atom. The van der Waals surface area contributed by atoms with Gasteiger partial charge >= 0.3 is 0 Å². The molecule has 10 aromatic rings. The molecule has 0 aliphatic rings. The van der Waals surface area contributed by atoms with E-state index in [1.807, 2.05) is 0 Å². The zero-order valence-electron chi connectivity index (χ0n) is 29.0. The predicted molar refractivity (Wildman–Crippen MR) is 223 cm³/mol. The summed E-state index contributed by atoms with van der Waals surface area (Å²) in [7, 11) is 0. The second kappa shape index (κ2) is 12.9. The maximum absolute atomic E-state index is 5.37. The van der Waals surface area contributed by atoms with Crippen LogP contribution in [0.1, 0.15) is 0 Å². The zero-order valence-corrected chi connectivity index (χ0v) is 29.0. The quantitative estimate of drug-likeness (QED) is 0.161. The third-order valence-corrected chi connectivity index (χ3v) is 10.4. The van der Waals surface area contributed by atoms with Gasteiger partial charge in [0.15, 0.2) is 0 Å². The van der Waals surface area contributed by atoms with Gasteiger partial charge in [-0.25, -0.2) is 4.98 Å². The van der Waals surface area contributed by atoms with Gasteiger partial charge in [-0.05, 0) is 90.3 Å². The van der Waals surface area contributed by atoms with Crippen LogP contribution >= 0.6 is 0 Å². The summed E-state index contributed by atoms with van der Waals surface area (Å²) in [5.74, 6) is 0.923. The molecule has 248 valence electrons. The number of imidazole rings is 1. The smallest absolute Gasteiger partial charge is 0.145 e. The fraction of sp³-hybridized carbons (Fsp3) is 0. The predicted octanol–water partition coefficient (Wildman–Crippen LogP) is 13.7. The van der Waals surface area contributed by atoms with Gasteiger partial charge in [-0.2, -0.15) is 0 Å². The Morgan fingerprint density at radius 1 is 0.302 bits per heavy atom. The first-order chi connectivity index (χ1) is 26.3. The summed E-state index contributed by atoms with van der Waals surface area (Å²) in [5, 5.41) is 4.93. The van der Waals surface area contributed by atoms with Gasteiger partial charge < -0.3 is 0 Å². The molecule has 9 aromatic carbocycles. The van der Waals surface area contributed by atoms with Crippen molar-refractivity contribution >= 4 is 32.6 Å². The highest BCUT2D eigenvalue weighted by Crippen LogP contribution is 2.44. The first-order valence-electron chi connectivity index (χ1n) is 18.1. The van der Waals surface area contributed by atoms with Gasteiger partial charge in [0.2, 0.25) is 0 Å². The number of rotatable bonds is 6. The van der Waals surface area contributed by atoms with Crippen molar-refractivity contribution in [3.63, 3.8) is 0 Å². The Morgan fingerprint density at radius 2 is 0.679 bits per heavy atom. The first kappa shape index (κ1) is 30.8. The number of hydrogen-bond donors (Lipinski definition) is 0. The minimum atomic E-state index is 0.923. The SMILES string of the molecule is c1ccc(-c2ccc(-c3c4ccccc4c(-c4ccc5c(c4)nc(-c4ccc(-c6ccccc6)cc4)n5-c4ccccc4)c4ccccc34)cc2)cc1. The molecule has 0 amide bonds. The largest absolute Gasteiger partial charge is 0.292 e. The summed E-state index contributed by atoms with van der Waals surface area (Å²) in [5.41, 5.74) is 13.9. The van der Waals surface area contributed by atoms with Crippen molar-refractivity contribution in [2.75, 3.05) is 0 Å². The van der Waals surface area contributed by atoms with E-state index in [0.717, 1.165) is 33.7 Å². The fourth-order valence-electron chi connectivity index (χ4n) is 7.92. The topological polar surface area (TPSA) is 17.8 Å². The van der Waals surface area contributed by atoms with Crippen molar-refractivity contribution in [1.82, 2.24) is 9.55 Å². The Balaban J connectivity index is 1.15. The normalized spacial score (nSPS) is 11.4. The summed E-state index contributed by atoms with van der Waals surface area (Å²) >= 11 is 0. The monoisotopic (exact) mass is 674 g/mol. The van der Waals surface area contributed by atoms with E-state index in [2.05, 4.69) is 211 Å². The lowest BCUT2D eigenvalue weighted by atomic mass is 9.85. The van der Waals surface area contributed by atoms with Crippen LogP contribution in [0.25, 0.3) is 94.2 Å². The summed E-state index contributed by atoms with van der Waals surface area (Å²) < 4.78 is 2.29. The van der Waals surface area contributed by atoms with E-state index in [1.54, 1.807) is 0 Å². The average molecular weight is 675 g/mol. The third kappa shape index (κ3) is 5.40. The molecule has 0 spiro atoms. The molecule has 0 bridgehead atoms. The Bertz CT molecular complexity index is 2830. The summed E-state index contributed by atoms with van der Waals surface area (Å²) in [4.78, 5) is 5.37. The van der Waals surface area contributed by atoms with Crippen LogP contribution in [0.2, 0.25) is 0 Å². The van der Waals surface area contributed by atoms with Crippen molar-refractivity contribution in [2.24, 2.45) is 0 Å². The minimum Gasteiger partial charge on any atom is -0.292 e. The van der Waals surface area contributed by atoms with E-state index >= 15 is 0 Å². The minimum absolute atomic E-state index is 0.923. The number of fused-ring (bicyclic) bond motifs is 3. The van der Waals surface area contributed by atoms with Crippen molar-refractivity contribution in [3.05, 3.63) is 206 Å². The Labute approximate surface area is 308 Å². The van der Waals surface area contributed by atoms with Crippen LogP contribution in [0.15, 0.2) is 206 Å². The molecule has 0 unspecified atom stereocenters. The average Bonchev–Trinajstić information content (AvgIpc) is 3.63. The molecule has 1 aromatic heterocycles. The van der Waals surface area contributed by atoms with E-state index in [9.17, 15) is 0 Å². The first-order valence-corrected chi connectivity index (χ1v) is 18.1. The third-order valence-electron chi connectivity index (χ3n) is 10.4. The van der Waals surface area contributed by atoms with Gasteiger partial charge in [-0.1, -0.05) is 182 Å². The Kier molecular flexibility index (Phi) is 7.51. The summed E-state index contributed by atoms with van der Waals surface area (Å²) in [6, 6.07) is 73.9. The number of benzene rings is 9. The number of aromatic nitrogens is 2. The van der Waals surface area contributed by atoms with Gasteiger partial charge in [0, 0.05) is 11.3 Å². The molecule has 2 nitrogen and oxygen atoms in total. The fourth-order valence-corrected chi connectivity index (χ4v) is 7.92. The van der Waals surface area contributed by atoms with E-state index in [0.29, 0.717) is 0 Å². The van der Waals surface area contributed by atoms with Crippen LogP contribution in [0.3, 0.4) is 0 Å². The van der Waals surface area contributed by atoms with Crippen LogP contribution in [-0.2, 0) is 0 Å². The highest BCUT2D eigenvalue weighted by atomic mass is 15.1. The molecule has 0 atom stereocenters. The van der Waals surface area contributed by atoms with Crippen LogP contribution in [0.5, 0.6) is 0 Å². The molecule has 0 radical (unpaired) electrons. The molecule has 10 rings (SSSR count). The molecule has 0 N–H and O–H groups in total. The van der Waals surface area contributed by atoms with Gasteiger partial charge in [-0.3, -0.25) is 4.57 Å². The molecule has 1 heterocycles. The standard InChI is InChI=1S/C51H34N2/c1-4-14-35(15-5-1)37-24-28-39(29-25-37)49-43-20-10-12-22-45(43)50(46-23-13-11-21-44(46)49)41-32-33-48-47(34-41)52-51(53(48)42-18-8-3-9-19-42)40-30-26-38(27-31-40)36-16-6-2-7-17-36/h1-34H. The van der Waals surface area contributed by atoms with E-state index < -0.39 is 0 Å². The van der Waals surface area contributed by atoms with Gasteiger partial charge in [-0.15, -0.1) is 0 Å². The van der Waals surface area contributed by atoms with Crippen LogP contribution < -0.4 is 0 Å². The lowest BCUT2D eigenvalue weighted by Gasteiger charge is -2.18. The molecular weight excluding hydrogens is 641 g/mol. The highest BCUT2D eigenvalue weighted by Gasteiger charge is 2.19. The van der Waals surface area contributed by atoms with Crippen molar-refractivity contribution in [1.29, 1.82) is 0 Å². The summed E-state index contributed by atoms with van der Waals surface area (Å²) in [6.07, 6.45) is 0. The maximum atomic E-state index is 5.37. The molecule has 0 saturated carbocycles. The molecule has 53 heavy (non-hydrogen) atoms. The maximum Gasteiger partial charge on any atom is 0.145 e. The molecule has 0 aliphatic carbocycles. The second-order valence-electron chi connectivity index (χ2n) is 13.5. The molecule has 0 fully saturated rings. The number of nitrogens with zero attached hydrogens (tertiary/aromatic N) is 2. The van der Waals surface area contributed by atoms with E-state index in [4.69, 9.17) is 4.98 Å². The molecule has 0 aliphatic heterocycles. The van der Waals surface area contributed by atoms with Gasteiger partial charge in [0.25, 0.3) is 0 Å². The van der Waals surface area contributed by atoms with Gasteiger partial charge in [0.05, 0.1) is 11.0 Å². The lowest BCUT2D eigenvalue weighted by Crippen LogP contribution is -1.97. The second-order valence-corrected chi connectivity index (χ2v) is 13.5. The zero-order chi connectivity index (χ0) is 35.1. The molecular formula is C51H34N2. The van der Waals surface area contributed by atoms with Gasteiger partial charge in [0.1, 0.15) is 5.82 Å². The van der Waals surface area contributed by atoms with Crippen molar-refractivity contribution in [3.8, 4) is 61.6 Å². The van der Waals surface area contributed by atoms with Crippen molar-refractivity contribution in [2.45, 2.75) is 0 Å². The highest BCUT2D eigenvalue weighted by molar-refractivity contribution is 6.21. The number of para-hydroxylation sites is 1.